The SMILES string of the molecule is C=C1NC(=O)C/C1=C\c1cnn2c(NC3CC3)cc(-c3ccc(C(=O)N4CCCCC4COC)s3)nc12.C=C1NC(=O)C/C1=C\c1cnn2c(NC3CC3)cc(-c3ccc(C(=O)NC(CC)CN4CCOCC4)s3)nc12.C=C1NC(=O)C/C1=C\c1cnn2c(NC3CC3)cc(-c3ccc(C(=O)NCc4ccncc4)s3)nc12.C=c1[nH]c(=O)[nH]/c1=C\c1cnn2c(NC3CC3)cc(-c3ccc(C(=O)N4CCN(CCO)CC4)s3)nc12. The van der Waals surface area contributed by atoms with Gasteiger partial charge in [0.15, 0.2) is 22.6 Å². The number of thiophene rings is 4. The van der Waals surface area contributed by atoms with Crippen molar-refractivity contribution in [3.05, 3.63) is 244 Å². The summed E-state index contributed by atoms with van der Waals surface area (Å²) < 4.78 is 18.0. The molecule has 12 N–H and O–H groups in total. The van der Waals surface area contributed by atoms with Crippen molar-refractivity contribution < 1.29 is 48.1 Å². The second kappa shape index (κ2) is 44.1. The molecule has 6 saturated heterocycles. The molecule has 14 aromatic heterocycles. The Kier molecular flexibility index (Phi) is 29.6. The first kappa shape index (κ1) is 99.9. The lowest BCUT2D eigenvalue weighted by atomic mass is 10.0. The van der Waals surface area contributed by atoms with Crippen LogP contribution < -0.4 is 64.2 Å². The molecule has 10 fully saturated rings. The van der Waals surface area contributed by atoms with Gasteiger partial charge in [0.1, 0.15) is 23.3 Å². The summed E-state index contributed by atoms with van der Waals surface area (Å²) in [6, 6.07) is 28.8. The van der Waals surface area contributed by atoms with E-state index in [0.717, 1.165) is 240 Å². The van der Waals surface area contributed by atoms with Gasteiger partial charge in [-0.05, 0) is 184 Å². The number of hydrogen-bond donors (Lipinski definition) is 12. The van der Waals surface area contributed by atoms with E-state index in [9.17, 15) is 38.4 Å². The summed E-state index contributed by atoms with van der Waals surface area (Å²) in [6.45, 7) is 27.3. The number of fused-ring (bicyclic) bond motifs is 4. The minimum Gasteiger partial charge on any atom is -0.395 e. The van der Waals surface area contributed by atoms with Gasteiger partial charge in [-0.2, -0.15) is 38.5 Å². The molecule has 7 amide bonds. The highest BCUT2D eigenvalue weighted by atomic mass is 32.1. The van der Waals surface area contributed by atoms with Crippen LogP contribution in [-0.4, -0.2) is 268 Å². The molecule has 10 aliphatic rings. The van der Waals surface area contributed by atoms with E-state index in [4.69, 9.17) is 34.5 Å². The average molecular weight is 2080 g/mol. The number of allylic oxidation sites excluding steroid dienone is 3. The number of aliphatic hydroxyl groups is 1. The first-order valence-corrected chi connectivity index (χ1v) is 53.6. The summed E-state index contributed by atoms with van der Waals surface area (Å²) in [6.07, 6.45) is 31.8. The molecule has 20 heterocycles. The molecule has 43 heteroatoms. The second-order valence-corrected chi connectivity index (χ2v) is 42.8. The van der Waals surface area contributed by atoms with Crippen LogP contribution in [0.4, 0.5) is 23.3 Å². The predicted octanol–water partition coefficient (Wildman–Crippen LogP) is 11.2. The lowest BCUT2D eigenvalue weighted by molar-refractivity contribution is -0.119. The molecule has 768 valence electrons. The zero-order valence-corrected chi connectivity index (χ0v) is 85.7. The number of nitrogens with zero attached hydrogens (tertiary/aromatic N) is 17. The van der Waals surface area contributed by atoms with Gasteiger partial charge in [0.05, 0.1) is 149 Å². The Morgan fingerprint density at radius 3 is 1.31 bits per heavy atom. The molecular formula is C106H114N28O11S4. The Morgan fingerprint density at radius 2 is 0.913 bits per heavy atom. The van der Waals surface area contributed by atoms with Crippen LogP contribution in [0.2, 0.25) is 0 Å². The highest BCUT2D eigenvalue weighted by Crippen LogP contribution is 2.41. The number of aromatic amines is 2. The first-order valence-electron chi connectivity index (χ1n) is 50.3. The third-order valence-corrected chi connectivity index (χ3v) is 31.6. The number of piperidine rings is 1. The Labute approximate surface area is 871 Å². The molecule has 2 atom stereocenters. The van der Waals surface area contributed by atoms with Gasteiger partial charge in [0, 0.05) is 179 Å². The van der Waals surface area contributed by atoms with Crippen molar-refractivity contribution in [3.63, 3.8) is 0 Å². The Hall–Kier alpha value is -15.1. The lowest BCUT2D eigenvalue weighted by Crippen LogP contribution is -2.49. The molecule has 149 heavy (non-hydrogen) atoms. The minimum absolute atomic E-state index is 0.0232. The molecule has 39 nitrogen and oxygen atoms in total. The van der Waals surface area contributed by atoms with Gasteiger partial charge in [0.2, 0.25) is 17.7 Å². The zero-order chi connectivity index (χ0) is 103. The number of H-pyrrole nitrogens is 2. The molecular weight excluding hydrogens is 1970 g/mol. The molecule has 0 spiro atoms. The summed E-state index contributed by atoms with van der Waals surface area (Å²) in [5, 5.41) is 57.1. The van der Waals surface area contributed by atoms with Gasteiger partial charge in [-0.1, -0.05) is 33.2 Å². The topological polar surface area (TPSA) is 462 Å². The number of rotatable bonds is 30. The van der Waals surface area contributed by atoms with Crippen molar-refractivity contribution in [2.24, 2.45) is 0 Å². The van der Waals surface area contributed by atoms with E-state index >= 15 is 0 Å². The van der Waals surface area contributed by atoms with E-state index in [0.29, 0.717) is 133 Å². The maximum Gasteiger partial charge on any atom is 0.323 e. The Bertz CT molecular complexity index is 7830. The molecule has 0 aromatic carbocycles. The number of morpholine rings is 1. The quantitative estimate of drug-likeness (QED) is 0.0199. The fourth-order valence-electron chi connectivity index (χ4n) is 18.4. The number of aromatic nitrogens is 15. The molecule has 4 saturated carbocycles. The Morgan fingerprint density at radius 1 is 0.497 bits per heavy atom. The number of amides is 7. The standard InChI is InChI=1S/C28H33N7O3S.C27H30N6O3S.C26H23N7O2S.C25H28N8O3S/c1-3-20(16-34-8-10-38-11-9-34)32-28(37)24-7-6-23(39-24)22-14-25(31-21-4-5-21)35-27(33-22)19(15-29-35)12-18-13-26(36)30-17(18)2;1-16-17(12-25(34)29-16)11-18-14-28-33-24(30-19-6-7-19)13-21(31-26(18)33)22-8-9-23(37-22)27(35)32-10-4-3-5-20(32)15-36-2;1-15-17(11-24(34)30-15)10-18-14-29-33-23(31-19-2-3-19)12-20(32-25(18)33)21-4-5-22(36-21)26(35)28-13-16-6-8-27-9-7-16;1-15-18(30-25(36)27-15)12-16-14-26-33-22(28-17-2-3-17)13-19(29-23(16)33)20-4-5-21(37-20)24(35)32-8-6-31(7-9-32)10-11-34/h6-7,12,14-15,20-21,31H,2-5,8-11,13,16H2,1H3,(H,30,36)(H,32,37);8-9,11,13-14,19-20,30H,1,3-7,10,12,15H2,2H3,(H,29,34);4-10,12,14,19,31H,1-3,11,13H2,(H,28,35)(H,30,34);4-5,12-14,17,28,34H,1-3,6-11H2,(H2,27,30,36)/b18-12+;17-11+;17-10+;18-12-. The van der Waals surface area contributed by atoms with E-state index in [1.54, 1.807) is 63.9 Å². The third kappa shape index (κ3) is 23.6. The fraction of sp³-hybridized carbons (Fsp3) is 0.349. The van der Waals surface area contributed by atoms with Crippen LogP contribution in [0.5, 0.6) is 0 Å². The number of pyridine rings is 1. The van der Waals surface area contributed by atoms with Gasteiger partial charge in [-0.25, -0.2) is 24.7 Å². The van der Waals surface area contributed by atoms with E-state index in [-0.39, 0.29) is 78.6 Å². The van der Waals surface area contributed by atoms with E-state index in [1.165, 1.54) is 45.3 Å². The minimum atomic E-state index is -0.317. The monoisotopic (exact) mass is 2080 g/mol. The number of hydrogen-bond acceptors (Lipinski definition) is 30. The van der Waals surface area contributed by atoms with Crippen LogP contribution in [0, 0.1) is 0 Å². The molecule has 4 aliphatic carbocycles. The highest BCUT2D eigenvalue weighted by Gasteiger charge is 2.35. The van der Waals surface area contributed by atoms with Crippen molar-refractivity contribution in [1.82, 2.24) is 120 Å². The highest BCUT2D eigenvalue weighted by molar-refractivity contribution is 7.18. The Balaban J connectivity index is 0.000000116. The van der Waals surface area contributed by atoms with Gasteiger partial charge in [-0.15, -0.1) is 45.3 Å². The van der Waals surface area contributed by atoms with Crippen LogP contribution in [0.15, 0.2) is 180 Å². The number of likely N-dealkylation sites (tertiary alicyclic amines) is 1. The average Bonchev–Trinajstić information content (AvgIpc) is 1.63. The number of piperazine rings is 1. The number of carbonyl (C=O) groups excluding carboxylic acids is 7. The van der Waals surface area contributed by atoms with E-state index in [2.05, 4.69) is 126 Å². The lowest BCUT2D eigenvalue weighted by Gasteiger charge is -2.35. The number of imidazole rings is 1. The second-order valence-electron chi connectivity index (χ2n) is 38.5. The molecule has 14 aromatic rings. The summed E-state index contributed by atoms with van der Waals surface area (Å²) in [7, 11) is 1.69. The largest absolute Gasteiger partial charge is 0.395 e. The number of nitrogens with one attached hydrogen (secondary N) is 11. The van der Waals surface area contributed by atoms with Crippen molar-refractivity contribution in [2.75, 3.05) is 114 Å². The van der Waals surface area contributed by atoms with Gasteiger partial charge in [-0.3, -0.25) is 48.3 Å². The zero-order valence-electron chi connectivity index (χ0n) is 82.4. The summed E-state index contributed by atoms with van der Waals surface area (Å²) in [4.78, 5) is 143. The maximum absolute atomic E-state index is 13.4. The number of β-amino-alcohol motifs (C(OH)–C–C–N with tert-alkyl or cyclic N) is 1. The normalized spacial score (nSPS) is 18.7. The van der Waals surface area contributed by atoms with Crippen molar-refractivity contribution in [3.8, 4) is 42.3 Å². The number of methoxy groups -OCH3 is 1. The van der Waals surface area contributed by atoms with Crippen LogP contribution in [0.1, 0.15) is 170 Å². The van der Waals surface area contributed by atoms with Crippen molar-refractivity contribution >= 4 is 163 Å². The smallest absolute Gasteiger partial charge is 0.323 e. The van der Waals surface area contributed by atoms with Gasteiger partial charge >= 0.3 is 5.69 Å². The fourth-order valence-corrected chi connectivity index (χ4v) is 22.0. The maximum atomic E-state index is 13.4. The number of aliphatic hydroxyl groups excluding tert-OH is 1. The van der Waals surface area contributed by atoms with Crippen LogP contribution >= 0.6 is 45.3 Å². The van der Waals surface area contributed by atoms with Crippen LogP contribution in [0.25, 0.3) is 95.8 Å². The molecule has 24 rings (SSSR count). The number of anilines is 4. The van der Waals surface area contributed by atoms with Crippen molar-refractivity contribution in [2.45, 2.75) is 146 Å². The van der Waals surface area contributed by atoms with Gasteiger partial charge in [0.25, 0.3) is 23.6 Å². The van der Waals surface area contributed by atoms with Crippen molar-refractivity contribution in [1.29, 1.82) is 0 Å². The summed E-state index contributed by atoms with van der Waals surface area (Å²) in [5.74, 6) is 3.10. The molecule has 2 unspecified atom stereocenters. The molecule has 0 radical (unpaired) electrons. The number of carbonyl (C=O) groups is 7. The van der Waals surface area contributed by atoms with Crippen LogP contribution in [-0.2, 0) is 30.4 Å². The van der Waals surface area contributed by atoms with Crippen LogP contribution in [0.3, 0.4) is 0 Å². The van der Waals surface area contributed by atoms with Gasteiger partial charge < -0.3 is 82.2 Å². The number of ether oxygens (including phenoxy) is 2. The third-order valence-electron chi connectivity index (χ3n) is 27.2. The molecule has 6 aliphatic heterocycles. The van der Waals surface area contributed by atoms with E-state index in [1.807, 2.05) is 117 Å². The summed E-state index contributed by atoms with van der Waals surface area (Å²) >= 11 is 5.73. The predicted molar refractivity (Wildman–Crippen MR) is 575 cm³/mol. The van der Waals surface area contributed by atoms with E-state index < -0.39 is 0 Å². The summed E-state index contributed by atoms with van der Waals surface area (Å²) in [5.41, 5.74) is 13.9. The molecule has 0 bridgehead atoms. The first-order chi connectivity index (χ1) is 72.5.